The summed E-state index contributed by atoms with van der Waals surface area (Å²) in [6, 6.07) is 9.54. The second-order valence-corrected chi connectivity index (χ2v) is 18.0. The predicted molar refractivity (Wildman–Crippen MR) is 200 cm³/mol. The van der Waals surface area contributed by atoms with Crippen LogP contribution in [0.5, 0.6) is 5.75 Å². The Morgan fingerprint density at radius 2 is 1.98 bits per heavy atom. The molecule has 1 saturated heterocycles. The lowest BCUT2D eigenvalue weighted by Crippen LogP contribution is -2.49. The van der Waals surface area contributed by atoms with Gasteiger partial charge in [0, 0.05) is 43.9 Å². The van der Waals surface area contributed by atoms with E-state index >= 15 is 0 Å². The van der Waals surface area contributed by atoms with Gasteiger partial charge in [0.1, 0.15) is 22.2 Å². The Morgan fingerprint density at radius 1 is 1.15 bits per heavy atom. The summed E-state index contributed by atoms with van der Waals surface area (Å²) >= 11 is 6.45. The summed E-state index contributed by atoms with van der Waals surface area (Å²) in [6.07, 6.45) is 11.0. The fourth-order valence-electron chi connectivity index (χ4n) is 8.56. The fourth-order valence-corrected chi connectivity index (χ4v) is 10.6. The standard InChI is InChI=1S/C39H51ClN4O7S/c1-25-6-4-8-34(48-3)31-11-9-28(31)21-44-23-39(17-5-7-27-20-29(40)10-12-32(27)39)24-51-35-14-13-33(41-37(35)44)38(46)43-52(47,26(25)2)42-36(45)22-50-30-15-18-49-19-16-30/h4,8,10,12-14,20,25-26,28,30-31,34H,5-7,9,11,15-19,21-24H2,1-3H3,(H,42,43,45,46,47)/b8-4-/t25-,26+,28-,31+,34-,39-,52?/m0/s1. The van der Waals surface area contributed by atoms with Gasteiger partial charge < -0.3 is 23.8 Å². The molecule has 2 amide bonds. The molecule has 2 fully saturated rings. The average Bonchev–Trinajstić information content (AvgIpc) is 3.28. The number of hydrogen-bond donors (Lipinski definition) is 1. The number of carbonyl (C=O) groups excluding carboxylic acids is 2. The van der Waals surface area contributed by atoms with Gasteiger partial charge in [0.05, 0.1) is 24.1 Å². The normalized spacial score (nSPS) is 33.0. The lowest BCUT2D eigenvalue weighted by atomic mass is 9.68. The topological polar surface area (TPSA) is 129 Å². The minimum atomic E-state index is -3.61. The van der Waals surface area contributed by atoms with E-state index in [4.69, 9.17) is 35.5 Å². The summed E-state index contributed by atoms with van der Waals surface area (Å²) in [5, 5.41) is 0.0605. The number of anilines is 1. The molecular formula is C39H51ClN4O7S. The number of rotatable bonds is 5. The summed E-state index contributed by atoms with van der Waals surface area (Å²) in [6.45, 7) is 6.41. The number of amides is 2. The van der Waals surface area contributed by atoms with Crippen LogP contribution in [0, 0.1) is 17.8 Å². The first-order valence-electron chi connectivity index (χ1n) is 18.7. The van der Waals surface area contributed by atoms with E-state index in [1.165, 1.54) is 11.1 Å². The minimum absolute atomic E-state index is 0.0475. The van der Waals surface area contributed by atoms with Crippen LogP contribution in [0.15, 0.2) is 46.8 Å². The average molecular weight is 755 g/mol. The molecule has 13 heteroatoms. The monoisotopic (exact) mass is 754 g/mol. The van der Waals surface area contributed by atoms with Crippen LogP contribution in [-0.4, -0.2) is 85.1 Å². The highest BCUT2D eigenvalue weighted by Gasteiger charge is 2.45. The zero-order valence-corrected chi connectivity index (χ0v) is 32.0. The van der Waals surface area contributed by atoms with Crippen LogP contribution in [0.2, 0.25) is 5.02 Å². The molecule has 7 atom stereocenters. The van der Waals surface area contributed by atoms with Crippen LogP contribution < -0.4 is 14.4 Å². The van der Waals surface area contributed by atoms with E-state index in [-0.39, 0.29) is 35.8 Å². The smallest absolute Gasteiger partial charge is 0.305 e. The van der Waals surface area contributed by atoms with Crippen molar-refractivity contribution in [3.8, 4) is 5.75 Å². The molecule has 1 aromatic carbocycles. The molecule has 1 spiro atoms. The molecule has 5 aliphatic rings. The van der Waals surface area contributed by atoms with Gasteiger partial charge in [-0.15, -0.1) is 4.36 Å². The Kier molecular flexibility index (Phi) is 11.3. The predicted octanol–water partition coefficient (Wildman–Crippen LogP) is 6.07. The third kappa shape index (κ3) is 7.78. The molecule has 2 aliphatic carbocycles. The molecule has 2 bridgehead atoms. The SMILES string of the molecule is CO[C@H]1/C=C\C[C@H](C)[C@@H](C)S(=O)(NC(=O)COC2CCOCC2)=NC(=O)c2ccc3c(n2)N(C[C@@H]2CC[C@H]21)C[C@@]1(CCCc2cc(Cl)ccc21)CO3. The molecule has 1 saturated carbocycles. The molecule has 52 heavy (non-hydrogen) atoms. The lowest BCUT2D eigenvalue weighted by molar-refractivity contribution is -0.128. The summed E-state index contributed by atoms with van der Waals surface area (Å²) in [7, 11) is -1.86. The number of methoxy groups -OCH3 is 1. The van der Waals surface area contributed by atoms with Crippen molar-refractivity contribution < 1.29 is 32.7 Å². The minimum Gasteiger partial charge on any atom is -0.489 e. The third-order valence-electron chi connectivity index (χ3n) is 12.0. The van der Waals surface area contributed by atoms with E-state index in [0.717, 1.165) is 37.1 Å². The maximum Gasteiger partial charge on any atom is 0.305 e. The first-order valence-corrected chi connectivity index (χ1v) is 20.7. The number of carbonyl (C=O) groups is 2. The number of nitrogens with zero attached hydrogens (tertiary/aromatic N) is 3. The van der Waals surface area contributed by atoms with Gasteiger partial charge in [0.15, 0.2) is 11.6 Å². The van der Waals surface area contributed by atoms with Crippen molar-refractivity contribution in [2.45, 2.75) is 88.1 Å². The van der Waals surface area contributed by atoms with Gasteiger partial charge in [-0.1, -0.05) is 36.7 Å². The zero-order valence-electron chi connectivity index (χ0n) is 30.4. The van der Waals surface area contributed by atoms with Gasteiger partial charge in [-0.25, -0.2) is 9.19 Å². The van der Waals surface area contributed by atoms with Crippen LogP contribution in [0.4, 0.5) is 5.82 Å². The third-order valence-corrected chi connectivity index (χ3v) is 14.6. The van der Waals surface area contributed by atoms with Crippen molar-refractivity contribution >= 4 is 39.1 Å². The van der Waals surface area contributed by atoms with Crippen LogP contribution in [0.1, 0.15) is 80.4 Å². The highest BCUT2D eigenvalue weighted by atomic mass is 35.5. The molecule has 3 aliphatic heterocycles. The summed E-state index contributed by atoms with van der Waals surface area (Å²) in [4.78, 5) is 34.5. The second-order valence-electron chi connectivity index (χ2n) is 15.3. The molecule has 1 aromatic heterocycles. The number of benzene rings is 1. The Bertz CT molecular complexity index is 1810. The molecular weight excluding hydrogens is 704 g/mol. The van der Waals surface area contributed by atoms with Crippen molar-refractivity contribution in [1.82, 2.24) is 9.71 Å². The fraction of sp³-hybridized carbons (Fsp3) is 0.615. The summed E-state index contributed by atoms with van der Waals surface area (Å²) < 4.78 is 45.5. The maximum atomic E-state index is 14.7. The van der Waals surface area contributed by atoms with Gasteiger partial charge in [-0.05, 0) is 111 Å². The molecule has 1 unspecified atom stereocenters. The largest absolute Gasteiger partial charge is 0.489 e. The Morgan fingerprint density at radius 3 is 2.75 bits per heavy atom. The van der Waals surface area contributed by atoms with E-state index < -0.39 is 27.0 Å². The van der Waals surface area contributed by atoms with Gasteiger partial charge in [0.25, 0.3) is 5.91 Å². The Hall–Kier alpha value is -3.03. The molecule has 282 valence electrons. The van der Waals surface area contributed by atoms with E-state index in [1.54, 1.807) is 26.2 Å². The second kappa shape index (κ2) is 15.8. The number of hydrogen-bond acceptors (Lipinski definition) is 9. The maximum absolute atomic E-state index is 14.7. The van der Waals surface area contributed by atoms with Crippen molar-refractivity contribution in [3.05, 3.63) is 64.3 Å². The van der Waals surface area contributed by atoms with E-state index in [1.807, 2.05) is 13.0 Å². The highest BCUT2D eigenvalue weighted by molar-refractivity contribution is 7.93. The molecule has 1 N–H and O–H groups in total. The zero-order chi connectivity index (χ0) is 36.5. The number of fused-ring (bicyclic) bond motifs is 4. The molecule has 7 rings (SSSR count). The van der Waals surface area contributed by atoms with Crippen LogP contribution in [0.25, 0.3) is 0 Å². The quantitative estimate of drug-likeness (QED) is 0.362. The van der Waals surface area contributed by atoms with Crippen LogP contribution >= 0.6 is 11.6 Å². The van der Waals surface area contributed by atoms with E-state index in [9.17, 15) is 13.8 Å². The van der Waals surface area contributed by atoms with Crippen molar-refractivity contribution in [3.63, 3.8) is 0 Å². The first-order chi connectivity index (χ1) is 25.1. The van der Waals surface area contributed by atoms with Gasteiger partial charge in [-0.2, -0.15) is 0 Å². The molecule has 4 heterocycles. The molecule has 0 radical (unpaired) electrons. The van der Waals surface area contributed by atoms with Gasteiger partial charge in [-0.3, -0.25) is 14.3 Å². The number of ether oxygens (including phenoxy) is 4. The van der Waals surface area contributed by atoms with Crippen molar-refractivity contribution in [2.24, 2.45) is 22.1 Å². The number of aryl methyl sites for hydroxylation is 1. The number of allylic oxidation sites excluding steroid dienone is 1. The number of nitrogens with one attached hydrogen (secondary N) is 1. The molecule has 2 aromatic rings. The van der Waals surface area contributed by atoms with Crippen molar-refractivity contribution in [1.29, 1.82) is 0 Å². The lowest BCUT2D eigenvalue weighted by Gasteiger charge is -2.45. The van der Waals surface area contributed by atoms with Crippen LogP contribution in [0.3, 0.4) is 0 Å². The van der Waals surface area contributed by atoms with Crippen molar-refractivity contribution in [2.75, 3.05) is 51.5 Å². The first kappa shape index (κ1) is 37.3. The highest BCUT2D eigenvalue weighted by Crippen LogP contribution is 2.46. The molecule has 11 nitrogen and oxygen atoms in total. The van der Waals surface area contributed by atoms with Gasteiger partial charge in [0.2, 0.25) is 0 Å². The summed E-state index contributed by atoms with van der Waals surface area (Å²) in [5.41, 5.74) is 2.24. The number of pyridine rings is 1. The number of halogens is 1. The number of aromatic nitrogens is 1. The Balaban J connectivity index is 1.26. The van der Waals surface area contributed by atoms with E-state index in [0.29, 0.717) is 75.6 Å². The van der Waals surface area contributed by atoms with Crippen LogP contribution in [-0.2, 0) is 40.8 Å². The van der Waals surface area contributed by atoms with E-state index in [2.05, 4.69) is 38.3 Å². The van der Waals surface area contributed by atoms with Gasteiger partial charge >= 0.3 is 5.91 Å². The summed E-state index contributed by atoms with van der Waals surface area (Å²) in [5.74, 6) is 0.297. The Labute approximate surface area is 312 Å².